The molecule has 0 atom stereocenters. The molecule has 0 spiro atoms. The van der Waals surface area contributed by atoms with E-state index in [-0.39, 0.29) is 0 Å². The number of anilines is 1. The summed E-state index contributed by atoms with van der Waals surface area (Å²) >= 11 is 0. The Morgan fingerprint density at radius 1 is 1.07 bits per heavy atom. The molecular weight excluding hydrogens is 186 g/mol. The number of aldehydes is 1. The quantitative estimate of drug-likeness (QED) is 0.606. The second-order valence-electron chi connectivity index (χ2n) is 3.41. The Morgan fingerprint density at radius 3 is 2.73 bits per heavy atom. The van der Waals surface area contributed by atoms with E-state index in [0.29, 0.717) is 13.0 Å². The van der Waals surface area contributed by atoms with Crippen LogP contribution >= 0.6 is 0 Å². The standard InChI is InChI=1S/C13H13NO/c15-10-4-9-14-13-8-3-6-11-5-1-2-7-12(11)13/h1-3,5-8,10,14H,4,9H2. The molecule has 0 amide bonds. The van der Waals surface area contributed by atoms with Crippen molar-refractivity contribution in [3.8, 4) is 0 Å². The predicted molar refractivity (Wildman–Crippen MR) is 63.1 cm³/mol. The zero-order valence-corrected chi connectivity index (χ0v) is 8.44. The van der Waals surface area contributed by atoms with Gasteiger partial charge in [-0.05, 0) is 11.5 Å². The Hall–Kier alpha value is -1.83. The molecule has 0 unspecified atom stereocenters. The lowest BCUT2D eigenvalue weighted by molar-refractivity contribution is -0.107. The van der Waals surface area contributed by atoms with Crippen LogP contribution in [0.5, 0.6) is 0 Å². The van der Waals surface area contributed by atoms with E-state index in [2.05, 4.69) is 23.5 Å². The third-order valence-electron chi connectivity index (χ3n) is 2.37. The van der Waals surface area contributed by atoms with Crippen molar-refractivity contribution in [1.82, 2.24) is 0 Å². The molecule has 76 valence electrons. The van der Waals surface area contributed by atoms with E-state index >= 15 is 0 Å². The largest absolute Gasteiger partial charge is 0.384 e. The molecule has 0 heterocycles. The molecule has 2 rings (SSSR count). The molecule has 15 heavy (non-hydrogen) atoms. The highest BCUT2D eigenvalue weighted by Crippen LogP contribution is 2.22. The minimum Gasteiger partial charge on any atom is -0.384 e. The van der Waals surface area contributed by atoms with E-state index in [1.165, 1.54) is 10.8 Å². The topological polar surface area (TPSA) is 29.1 Å². The van der Waals surface area contributed by atoms with Crippen molar-refractivity contribution >= 4 is 22.7 Å². The monoisotopic (exact) mass is 199 g/mol. The Labute approximate surface area is 88.9 Å². The van der Waals surface area contributed by atoms with Gasteiger partial charge >= 0.3 is 0 Å². The minimum absolute atomic E-state index is 0.545. The third-order valence-corrected chi connectivity index (χ3v) is 2.37. The third kappa shape index (κ3) is 2.15. The van der Waals surface area contributed by atoms with Crippen LogP contribution < -0.4 is 5.32 Å². The summed E-state index contributed by atoms with van der Waals surface area (Å²) in [5.74, 6) is 0. The summed E-state index contributed by atoms with van der Waals surface area (Å²) < 4.78 is 0. The van der Waals surface area contributed by atoms with Gasteiger partial charge in [-0.1, -0.05) is 36.4 Å². The summed E-state index contributed by atoms with van der Waals surface area (Å²) in [6.07, 6.45) is 1.47. The van der Waals surface area contributed by atoms with E-state index in [9.17, 15) is 4.79 Å². The van der Waals surface area contributed by atoms with E-state index in [0.717, 1.165) is 12.0 Å². The first-order valence-corrected chi connectivity index (χ1v) is 5.07. The highest BCUT2D eigenvalue weighted by Gasteiger charge is 1.97. The van der Waals surface area contributed by atoms with Crippen LogP contribution in [0.4, 0.5) is 5.69 Å². The van der Waals surface area contributed by atoms with Gasteiger partial charge in [-0.3, -0.25) is 0 Å². The lowest BCUT2D eigenvalue weighted by atomic mass is 10.1. The maximum Gasteiger partial charge on any atom is 0.121 e. The van der Waals surface area contributed by atoms with Crippen molar-refractivity contribution in [3.05, 3.63) is 42.5 Å². The van der Waals surface area contributed by atoms with Gasteiger partial charge in [-0.25, -0.2) is 0 Å². The lowest BCUT2D eigenvalue weighted by Crippen LogP contribution is -2.01. The van der Waals surface area contributed by atoms with Crippen molar-refractivity contribution < 1.29 is 4.79 Å². The van der Waals surface area contributed by atoms with Crippen LogP contribution in [0.1, 0.15) is 6.42 Å². The number of fused-ring (bicyclic) bond motifs is 1. The number of benzene rings is 2. The summed E-state index contributed by atoms with van der Waals surface area (Å²) in [5.41, 5.74) is 1.09. The summed E-state index contributed by atoms with van der Waals surface area (Å²) in [6, 6.07) is 14.3. The molecule has 2 aromatic rings. The first-order chi connectivity index (χ1) is 7.42. The molecule has 2 nitrogen and oxygen atoms in total. The molecule has 0 aromatic heterocycles. The maximum absolute atomic E-state index is 10.2. The molecule has 0 aliphatic rings. The summed E-state index contributed by atoms with van der Waals surface area (Å²) in [5, 5.41) is 5.67. The van der Waals surface area contributed by atoms with Gasteiger partial charge < -0.3 is 10.1 Å². The summed E-state index contributed by atoms with van der Waals surface area (Å²) in [7, 11) is 0. The van der Waals surface area contributed by atoms with Crippen LogP contribution in [0.3, 0.4) is 0 Å². The minimum atomic E-state index is 0.545. The Bertz CT molecular complexity index is 460. The zero-order valence-electron chi connectivity index (χ0n) is 8.44. The van der Waals surface area contributed by atoms with Crippen LogP contribution in [-0.4, -0.2) is 12.8 Å². The first kappa shape index (κ1) is 9.71. The zero-order chi connectivity index (χ0) is 10.5. The first-order valence-electron chi connectivity index (χ1n) is 5.07. The summed E-state index contributed by atoms with van der Waals surface area (Å²) in [6.45, 7) is 0.692. The fraction of sp³-hybridized carbons (Fsp3) is 0.154. The highest BCUT2D eigenvalue weighted by molar-refractivity contribution is 5.93. The molecule has 0 fully saturated rings. The molecule has 0 radical (unpaired) electrons. The number of rotatable bonds is 4. The van der Waals surface area contributed by atoms with Gasteiger partial charge in [-0.2, -0.15) is 0 Å². The van der Waals surface area contributed by atoms with Gasteiger partial charge in [0.1, 0.15) is 6.29 Å². The van der Waals surface area contributed by atoms with E-state index in [1.54, 1.807) is 0 Å². The Morgan fingerprint density at radius 2 is 1.87 bits per heavy atom. The second kappa shape index (κ2) is 4.60. The van der Waals surface area contributed by atoms with Crippen molar-refractivity contribution in [2.75, 3.05) is 11.9 Å². The fourth-order valence-corrected chi connectivity index (χ4v) is 1.65. The molecule has 2 aromatic carbocycles. The van der Waals surface area contributed by atoms with Crippen molar-refractivity contribution in [1.29, 1.82) is 0 Å². The normalized spacial score (nSPS) is 10.1. The second-order valence-corrected chi connectivity index (χ2v) is 3.41. The molecule has 1 N–H and O–H groups in total. The molecule has 0 aliphatic carbocycles. The van der Waals surface area contributed by atoms with E-state index in [1.807, 2.05) is 24.3 Å². The van der Waals surface area contributed by atoms with Crippen LogP contribution in [0.2, 0.25) is 0 Å². The van der Waals surface area contributed by atoms with Gasteiger partial charge in [0.2, 0.25) is 0 Å². The molecule has 0 bridgehead atoms. The fourth-order valence-electron chi connectivity index (χ4n) is 1.65. The van der Waals surface area contributed by atoms with Crippen molar-refractivity contribution in [2.24, 2.45) is 0 Å². The number of carbonyl (C=O) groups is 1. The smallest absolute Gasteiger partial charge is 0.121 e. The number of carbonyl (C=O) groups excluding carboxylic acids is 1. The molecule has 0 aliphatic heterocycles. The molecular formula is C13H13NO. The van der Waals surface area contributed by atoms with Gasteiger partial charge in [0.25, 0.3) is 0 Å². The predicted octanol–water partition coefficient (Wildman–Crippen LogP) is 2.84. The highest BCUT2D eigenvalue weighted by atomic mass is 16.1. The Kier molecular flexibility index (Phi) is 2.98. The SMILES string of the molecule is O=CCCNc1cccc2ccccc12. The number of hydrogen-bond donors (Lipinski definition) is 1. The Balaban J connectivity index is 2.30. The van der Waals surface area contributed by atoms with Crippen molar-refractivity contribution in [2.45, 2.75) is 6.42 Å². The van der Waals surface area contributed by atoms with Crippen LogP contribution in [0.25, 0.3) is 10.8 Å². The van der Waals surface area contributed by atoms with E-state index in [4.69, 9.17) is 0 Å². The van der Waals surface area contributed by atoms with Crippen LogP contribution in [-0.2, 0) is 4.79 Å². The lowest BCUT2D eigenvalue weighted by Gasteiger charge is -2.07. The average molecular weight is 199 g/mol. The molecule has 0 saturated heterocycles. The van der Waals surface area contributed by atoms with Gasteiger partial charge in [0.05, 0.1) is 0 Å². The van der Waals surface area contributed by atoms with Crippen LogP contribution in [0.15, 0.2) is 42.5 Å². The summed E-state index contributed by atoms with van der Waals surface area (Å²) in [4.78, 5) is 10.2. The van der Waals surface area contributed by atoms with Gasteiger partial charge in [0.15, 0.2) is 0 Å². The van der Waals surface area contributed by atoms with Crippen molar-refractivity contribution in [3.63, 3.8) is 0 Å². The van der Waals surface area contributed by atoms with Gasteiger partial charge in [-0.15, -0.1) is 0 Å². The average Bonchev–Trinajstić information content (AvgIpc) is 2.30. The van der Waals surface area contributed by atoms with Gasteiger partial charge in [0, 0.05) is 24.0 Å². The molecule has 2 heteroatoms. The number of nitrogens with one attached hydrogen (secondary N) is 1. The van der Waals surface area contributed by atoms with Crippen LogP contribution in [0, 0.1) is 0 Å². The number of hydrogen-bond acceptors (Lipinski definition) is 2. The maximum atomic E-state index is 10.2. The molecule has 0 saturated carbocycles. The van der Waals surface area contributed by atoms with E-state index < -0.39 is 0 Å².